The molecule has 1 aromatic heterocycles. The molecule has 8 nitrogen and oxygen atoms in total. The first-order valence-corrected chi connectivity index (χ1v) is 10.4. The van der Waals surface area contributed by atoms with Crippen LogP contribution in [0.15, 0.2) is 35.1 Å². The Bertz CT molecular complexity index is 1030. The number of hydrogen-bond acceptors (Lipinski definition) is 4. The number of anilines is 1. The molecule has 8 heteroatoms. The fourth-order valence-corrected chi connectivity index (χ4v) is 4.58. The lowest BCUT2D eigenvalue weighted by molar-refractivity contribution is -0.140. The molecule has 4 rings (SSSR count). The minimum Gasteiger partial charge on any atom is -0.320 e. The van der Waals surface area contributed by atoms with Crippen LogP contribution in [0.1, 0.15) is 37.8 Å². The van der Waals surface area contributed by atoms with Crippen molar-refractivity contribution in [3.8, 4) is 5.69 Å². The third-order valence-electron chi connectivity index (χ3n) is 6.31. The zero-order valence-electron chi connectivity index (χ0n) is 17.3. The lowest BCUT2D eigenvalue weighted by Gasteiger charge is -2.19. The van der Waals surface area contributed by atoms with E-state index in [9.17, 15) is 19.2 Å². The van der Waals surface area contributed by atoms with Crippen LogP contribution in [-0.2, 0) is 21.4 Å². The minimum absolute atomic E-state index is 0.0317. The van der Waals surface area contributed by atoms with Gasteiger partial charge in [-0.2, -0.15) is 0 Å². The summed E-state index contributed by atoms with van der Waals surface area (Å²) in [5, 5.41) is 2.68. The second kappa shape index (κ2) is 7.93. The van der Waals surface area contributed by atoms with Crippen LogP contribution >= 0.6 is 0 Å². The summed E-state index contributed by atoms with van der Waals surface area (Å²) in [4.78, 5) is 51.8. The summed E-state index contributed by atoms with van der Waals surface area (Å²) in [6.07, 6.45) is 3.40. The lowest BCUT2D eigenvalue weighted by Crippen LogP contribution is -2.34. The molecule has 2 atom stereocenters. The molecule has 3 amide bonds. The Labute approximate surface area is 174 Å². The number of likely N-dealkylation sites (tertiary alicyclic amines) is 1. The fraction of sp³-hybridized carbons (Fsp3) is 0.455. The predicted molar refractivity (Wildman–Crippen MR) is 111 cm³/mol. The number of hydrogen-bond donors (Lipinski definition) is 1. The van der Waals surface area contributed by atoms with E-state index in [0.717, 1.165) is 25.7 Å². The van der Waals surface area contributed by atoms with Crippen molar-refractivity contribution in [2.24, 2.45) is 18.9 Å². The summed E-state index contributed by atoms with van der Waals surface area (Å²) in [7, 11) is 1.75. The van der Waals surface area contributed by atoms with E-state index in [1.807, 2.05) is 30.3 Å². The van der Waals surface area contributed by atoms with Gasteiger partial charge in [-0.15, -0.1) is 0 Å². The average molecular weight is 410 g/mol. The molecule has 2 aliphatic rings. The molecule has 0 unspecified atom stereocenters. The van der Waals surface area contributed by atoms with E-state index in [0.29, 0.717) is 11.4 Å². The quantitative estimate of drug-likeness (QED) is 0.763. The second-order valence-corrected chi connectivity index (χ2v) is 8.06. The fourth-order valence-electron chi connectivity index (χ4n) is 4.58. The summed E-state index contributed by atoms with van der Waals surface area (Å²) in [6, 6.07) is 9.17. The van der Waals surface area contributed by atoms with Gasteiger partial charge in [-0.25, -0.2) is 4.68 Å². The van der Waals surface area contributed by atoms with Gasteiger partial charge in [-0.3, -0.25) is 28.8 Å². The molecule has 1 saturated carbocycles. The number of rotatable bonds is 5. The molecular weight excluding hydrogens is 384 g/mol. The molecule has 30 heavy (non-hydrogen) atoms. The smallest absolute Gasteiger partial charge is 0.295 e. The Morgan fingerprint density at radius 1 is 1.03 bits per heavy atom. The third-order valence-corrected chi connectivity index (χ3v) is 6.31. The zero-order chi connectivity index (χ0) is 21.4. The first kappa shape index (κ1) is 20.1. The SMILES string of the molecule is Cc1c(NC(=O)CCN2C(=O)[C@@H]3CCCC[C@H]3C2=O)c(=O)n(-c2ccccc2)n1C. The van der Waals surface area contributed by atoms with Crippen molar-refractivity contribution < 1.29 is 14.4 Å². The van der Waals surface area contributed by atoms with E-state index in [1.54, 1.807) is 18.7 Å². The molecular formula is C22H26N4O4. The molecule has 158 valence electrons. The van der Waals surface area contributed by atoms with Crippen molar-refractivity contribution in [2.45, 2.75) is 39.0 Å². The van der Waals surface area contributed by atoms with Crippen LogP contribution in [0.2, 0.25) is 0 Å². The van der Waals surface area contributed by atoms with E-state index in [1.165, 1.54) is 9.58 Å². The molecule has 1 aliphatic heterocycles. The van der Waals surface area contributed by atoms with Gasteiger partial charge in [-0.05, 0) is 31.9 Å². The highest BCUT2D eigenvalue weighted by atomic mass is 16.2. The normalized spacial score (nSPS) is 21.1. The number of nitrogens with one attached hydrogen (secondary N) is 1. The minimum atomic E-state index is -0.392. The Morgan fingerprint density at radius 3 is 2.23 bits per heavy atom. The maximum absolute atomic E-state index is 12.9. The van der Waals surface area contributed by atoms with E-state index < -0.39 is 5.91 Å². The average Bonchev–Trinajstić information content (AvgIpc) is 3.12. The summed E-state index contributed by atoms with van der Waals surface area (Å²) < 4.78 is 3.18. The number of carbonyl (C=O) groups is 3. The number of amides is 3. The topological polar surface area (TPSA) is 93.4 Å². The van der Waals surface area contributed by atoms with Gasteiger partial charge in [0.2, 0.25) is 17.7 Å². The van der Waals surface area contributed by atoms with E-state index in [4.69, 9.17) is 0 Å². The molecule has 1 aliphatic carbocycles. The monoisotopic (exact) mass is 410 g/mol. The number of imide groups is 1. The van der Waals surface area contributed by atoms with Crippen molar-refractivity contribution in [1.29, 1.82) is 0 Å². The summed E-state index contributed by atoms with van der Waals surface area (Å²) >= 11 is 0. The zero-order valence-corrected chi connectivity index (χ0v) is 17.3. The molecule has 0 spiro atoms. The van der Waals surface area contributed by atoms with E-state index in [-0.39, 0.29) is 47.9 Å². The van der Waals surface area contributed by atoms with Crippen molar-refractivity contribution >= 4 is 23.4 Å². The largest absolute Gasteiger partial charge is 0.320 e. The number of aromatic nitrogens is 2. The number of carbonyl (C=O) groups excluding carboxylic acids is 3. The molecule has 2 aromatic rings. The van der Waals surface area contributed by atoms with Gasteiger partial charge < -0.3 is 5.32 Å². The van der Waals surface area contributed by atoms with Crippen molar-refractivity contribution in [3.63, 3.8) is 0 Å². The van der Waals surface area contributed by atoms with Crippen LogP contribution in [0, 0.1) is 18.8 Å². The van der Waals surface area contributed by atoms with Crippen LogP contribution in [0.25, 0.3) is 5.69 Å². The van der Waals surface area contributed by atoms with Crippen LogP contribution in [0.5, 0.6) is 0 Å². The molecule has 0 bridgehead atoms. The first-order chi connectivity index (χ1) is 14.4. The van der Waals surface area contributed by atoms with Crippen LogP contribution < -0.4 is 10.9 Å². The highest BCUT2D eigenvalue weighted by Gasteiger charge is 2.47. The van der Waals surface area contributed by atoms with Crippen LogP contribution in [0.3, 0.4) is 0 Å². The van der Waals surface area contributed by atoms with Gasteiger partial charge in [0.25, 0.3) is 5.56 Å². The van der Waals surface area contributed by atoms with Crippen LogP contribution in [0.4, 0.5) is 5.69 Å². The van der Waals surface area contributed by atoms with Gasteiger partial charge in [0, 0.05) is 20.0 Å². The van der Waals surface area contributed by atoms with E-state index >= 15 is 0 Å². The second-order valence-electron chi connectivity index (χ2n) is 8.06. The molecule has 1 N–H and O–H groups in total. The molecule has 2 heterocycles. The number of fused-ring (bicyclic) bond motifs is 1. The molecule has 2 fully saturated rings. The number of nitrogens with zero attached hydrogens (tertiary/aromatic N) is 3. The number of benzene rings is 1. The van der Waals surface area contributed by atoms with Crippen molar-refractivity contribution in [3.05, 3.63) is 46.4 Å². The van der Waals surface area contributed by atoms with Crippen molar-refractivity contribution in [1.82, 2.24) is 14.3 Å². The van der Waals surface area contributed by atoms with Gasteiger partial charge in [0.1, 0.15) is 5.69 Å². The molecule has 1 saturated heterocycles. The summed E-state index contributed by atoms with van der Waals surface area (Å²) in [5.41, 5.74) is 1.20. The predicted octanol–water partition coefficient (Wildman–Crippen LogP) is 1.99. The van der Waals surface area contributed by atoms with Gasteiger partial charge in [-0.1, -0.05) is 31.0 Å². The first-order valence-electron chi connectivity index (χ1n) is 10.4. The lowest BCUT2D eigenvalue weighted by atomic mass is 9.81. The van der Waals surface area contributed by atoms with Crippen LogP contribution in [-0.4, -0.2) is 38.5 Å². The van der Waals surface area contributed by atoms with Gasteiger partial charge in [0.05, 0.1) is 23.2 Å². The standard InChI is InChI=1S/C22H26N4O4/c1-14-19(22(30)26(24(14)2)15-8-4-3-5-9-15)23-18(27)12-13-25-20(28)16-10-6-7-11-17(16)21(25)29/h3-5,8-9,16-17H,6-7,10-13H2,1-2H3,(H,23,27)/t16-,17-/m1/s1. The van der Waals surface area contributed by atoms with Gasteiger partial charge >= 0.3 is 0 Å². The Balaban J connectivity index is 1.46. The highest BCUT2D eigenvalue weighted by molar-refractivity contribution is 6.05. The maximum atomic E-state index is 12.9. The van der Waals surface area contributed by atoms with E-state index in [2.05, 4.69) is 5.32 Å². The van der Waals surface area contributed by atoms with Crippen molar-refractivity contribution in [2.75, 3.05) is 11.9 Å². The van der Waals surface area contributed by atoms with Gasteiger partial charge in [0.15, 0.2) is 0 Å². The summed E-state index contributed by atoms with van der Waals surface area (Å²) in [5.74, 6) is -1.14. The third kappa shape index (κ3) is 3.36. The maximum Gasteiger partial charge on any atom is 0.295 e. The Morgan fingerprint density at radius 2 is 1.63 bits per heavy atom. The Hall–Kier alpha value is -3.16. The molecule has 1 aromatic carbocycles. The summed E-state index contributed by atoms with van der Waals surface area (Å²) in [6.45, 7) is 1.81. The number of para-hydroxylation sites is 1. The highest BCUT2D eigenvalue weighted by Crippen LogP contribution is 2.37. The Kier molecular flexibility index (Phi) is 5.32. The molecule has 0 radical (unpaired) electrons.